The van der Waals surface area contributed by atoms with Gasteiger partial charge in [0, 0.05) is 10.9 Å². The van der Waals surface area contributed by atoms with Gasteiger partial charge in [-0.25, -0.2) is 0 Å². The minimum atomic E-state index is -0.312. The van der Waals surface area contributed by atoms with Gasteiger partial charge in [0.25, 0.3) is 0 Å². The van der Waals surface area contributed by atoms with E-state index in [4.69, 9.17) is 23.4 Å². The summed E-state index contributed by atoms with van der Waals surface area (Å²) in [6.07, 6.45) is 1.30. The second-order valence-corrected chi connectivity index (χ2v) is 5.39. The van der Waals surface area contributed by atoms with Gasteiger partial charge < -0.3 is 28.5 Å². The zero-order valence-electron chi connectivity index (χ0n) is 14.8. The van der Waals surface area contributed by atoms with E-state index in [0.717, 1.165) is 0 Å². The lowest BCUT2D eigenvalue weighted by Crippen LogP contribution is -2.03. The third-order valence-electron chi connectivity index (χ3n) is 4.07. The molecule has 0 amide bonds. The van der Waals surface area contributed by atoms with E-state index in [1.807, 2.05) is 0 Å². The van der Waals surface area contributed by atoms with E-state index < -0.39 is 0 Å². The smallest absolute Gasteiger partial charge is 0.203 e. The van der Waals surface area contributed by atoms with Gasteiger partial charge in [-0.1, -0.05) is 0 Å². The third-order valence-corrected chi connectivity index (χ3v) is 4.07. The molecule has 136 valence electrons. The van der Waals surface area contributed by atoms with Crippen LogP contribution in [0.1, 0.15) is 15.9 Å². The molecular weight excluding hydrogens is 340 g/mol. The highest BCUT2D eigenvalue weighted by atomic mass is 16.5. The first-order valence-electron chi connectivity index (χ1n) is 7.67. The van der Waals surface area contributed by atoms with Crippen molar-refractivity contribution in [2.45, 2.75) is 0 Å². The van der Waals surface area contributed by atoms with Crippen molar-refractivity contribution in [1.29, 1.82) is 0 Å². The molecule has 0 bridgehead atoms. The molecule has 0 unspecified atom stereocenters. The van der Waals surface area contributed by atoms with Crippen molar-refractivity contribution in [2.24, 2.45) is 0 Å². The number of hydrogen-bond acceptors (Lipinski definition) is 7. The van der Waals surface area contributed by atoms with Crippen molar-refractivity contribution < 1.29 is 33.3 Å². The summed E-state index contributed by atoms with van der Waals surface area (Å²) < 4.78 is 26.3. The third kappa shape index (κ3) is 2.67. The summed E-state index contributed by atoms with van der Waals surface area (Å²) >= 11 is 0. The number of ether oxygens (including phenoxy) is 4. The van der Waals surface area contributed by atoms with Gasteiger partial charge in [-0.15, -0.1) is 0 Å². The average Bonchev–Trinajstić information content (AvgIpc) is 3.11. The quantitative estimate of drug-likeness (QED) is 0.676. The number of hydrogen-bond donors (Lipinski definition) is 1. The Hall–Kier alpha value is -3.35. The number of furan rings is 1. The van der Waals surface area contributed by atoms with Crippen molar-refractivity contribution in [2.75, 3.05) is 28.4 Å². The van der Waals surface area contributed by atoms with Crippen LogP contribution in [0.5, 0.6) is 28.7 Å². The van der Waals surface area contributed by atoms with Crippen LogP contribution in [0.15, 0.2) is 34.9 Å². The molecule has 0 atom stereocenters. The maximum atomic E-state index is 13.0. The highest BCUT2D eigenvalue weighted by Crippen LogP contribution is 2.40. The minimum absolute atomic E-state index is 0.158. The van der Waals surface area contributed by atoms with Crippen molar-refractivity contribution in [1.82, 2.24) is 0 Å². The fourth-order valence-corrected chi connectivity index (χ4v) is 2.77. The van der Waals surface area contributed by atoms with Crippen molar-refractivity contribution in [3.63, 3.8) is 0 Å². The zero-order valence-corrected chi connectivity index (χ0v) is 14.8. The number of phenolic OH excluding ortho intramolecular Hbond substituents is 1. The Kier molecular flexibility index (Phi) is 4.62. The lowest BCUT2D eigenvalue weighted by molar-refractivity contribution is 0.103. The number of phenols is 1. The predicted molar refractivity (Wildman–Crippen MR) is 94.0 cm³/mol. The molecule has 3 rings (SSSR count). The first kappa shape index (κ1) is 17.5. The number of methoxy groups -OCH3 is 4. The van der Waals surface area contributed by atoms with Crippen LogP contribution in [0.25, 0.3) is 11.0 Å². The number of ketones is 1. The Morgan fingerprint density at radius 1 is 0.923 bits per heavy atom. The molecule has 0 aliphatic rings. The van der Waals surface area contributed by atoms with Gasteiger partial charge >= 0.3 is 0 Å². The molecule has 2 aromatic carbocycles. The molecular formula is C19H18O7. The summed E-state index contributed by atoms with van der Waals surface area (Å²) in [4.78, 5) is 13.0. The molecule has 26 heavy (non-hydrogen) atoms. The number of aromatic hydroxyl groups is 1. The Bertz CT molecular complexity index is 946. The van der Waals surface area contributed by atoms with Crippen LogP contribution < -0.4 is 18.9 Å². The molecule has 3 aromatic rings. The normalized spacial score (nSPS) is 10.6. The van der Waals surface area contributed by atoms with Crippen LogP contribution in [0.2, 0.25) is 0 Å². The van der Waals surface area contributed by atoms with Crippen LogP contribution in [0.4, 0.5) is 0 Å². The first-order chi connectivity index (χ1) is 12.5. The molecule has 1 heterocycles. The Balaban J connectivity index is 2.13. The number of benzene rings is 2. The summed E-state index contributed by atoms with van der Waals surface area (Å²) in [6, 6.07) is 6.35. The monoisotopic (exact) mass is 358 g/mol. The molecule has 0 aliphatic heterocycles. The number of carbonyl (C=O) groups excluding carboxylic acids is 1. The maximum Gasteiger partial charge on any atom is 0.203 e. The molecule has 1 N–H and O–H groups in total. The van der Waals surface area contributed by atoms with E-state index in [0.29, 0.717) is 33.8 Å². The molecule has 0 radical (unpaired) electrons. The maximum absolute atomic E-state index is 13.0. The number of fused-ring (bicyclic) bond motifs is 1. The van der Waals surface area contributed by atoms with Crippen LogP contribution in [0, 0.1) is 0 Å². The summed E-state index contributed by atoms with van der Waals surface area (Å²) in [5, 5.41) is 10.6. The van der Waals surface area contributed by atoms with E-state index in [1.54, 1.807) is 24.3 Å². The predicted octanol–water partition coefficient (Wildman–Crippen LogP) is 3.40. The number of carbonyl (C=O) groups is 1. The molecule has 0 fully saturated rings. The van der Waals surface area contributed by atoms with Gasteiger partial charge in [0.15, 0.2) is 28.6 Å². The first-order valence-corrected chi connectivity index (χ1v) is 7.67. The van der Waals surface area contributed by atoms with Gasteiger partial charge in [-0.05, 0) is 24.3 Å². The number of rotatable bonds is 6. The fourth-order valence-electron chi connectivity index (χ4n) is 2.77. The van der Waals surface area contributed by atoms with E-state index in [2.05, 4.69) is 0 Å². The van der Waals surface area contributed by atoms with E-state index in [9.17, 15) is 9.90 Å². The summed E-state index contributed by atoms with van der Waals surface area (Å²) in [5.74, 6) is 0.922. The van der Waals surface area contributed by atoms with Crippen LogP contribution in [-0.2, 0) is 0 Å². The topological polar surface area (TPSA) is 87.4 Å². The van der Waals surface area contributed by atoms with Crippen molar-refractivity contribution in [3.8, 4) is 28.7 Å². The SMILES string of the molecule is COc1cc(C(=O)c2coc3c(O)c(OC)ccc23)cc(OC)c1OC. The van der Waals surface area contributed by atoms with Gasteiger partial charge in [0.1, 0.15) is 6.26 Å². The lowest BCUT2D eigenvalue weighted by atomic mass is 10.0. The van der Waals surface area contributed by atoms with Crippen LogP contribution in [-0.4, -0.2) is 39.3 Å². The minimum Gasteiger partial charge on any atom is -0.502 e. The van der Waals surface area contributed by atoms with Gasteiger partial charge in [-0.3, -0.25) is 4.79 Å². The molecule has 1 aromatic heterocycles. The standard InChI is InChI=1S/C19H18O7/c1-22-13-6-5-11-12(9-26-18(11)17(13)21)16(20)10-7-14(23-2)19(25-4)15(8-10)24-3/h5-9,21H,1-4H3. The molecule has 0 saturated carbocycles. The molecule has 0 aliphatic carbocycles. The highest BCUT2D eigenvalue weighted by molar-refractivity contribution is 6.17. The van der Waals surface area contributed by atoms with E-state index >= 15 is 0 Å². The van der Waals surface area contributed by atoms with E-state index in [1.165, 1.54) is 34.7 Å². The van der Waals surface area contributed by atoms with Gasteiger partial charge in [-0.2, -0.15) is 0 Å². The average molecular weight is 358 g/mol. The van der Waals surface area contributed by atoms with Crippen LogP contribution >= 0.6 is 0 Å². The van der Waals surface area contributed by atoms with Gasteiger partial charge in [0.2, 0.25) is 11.5 Å². The highest BCUT2D eigenvalue weighted by Gasteiger charge is 2.22. The van der Waals surface area contributed by atoms with Crippen LogP contribution in [0.3, 0.4) is 0 Å². The summed E-state index contributed by atoms with van der Waals surface area (Å²) in [7, 11) is 5.87. The largest absolute Gasteiger partial charge is 0.502 e. The second-order valence-electron chi connectivity index (χ2n) is 5.39. The van der Waals surface area contributed by atoms with E-state index in [-0.39, 0.29) is 22.9 Å². The molecule has 0 saturated heterocycles. The Labute approximate surface area is 149 Å². The second kappa shape index (κ2) is 6.87. The molecule has 7 nitrogen and oxygen atoms in total. The molecule has 7 heteroatoms. The summed E-state index contributed by atoms with van der Waals surface area (Å²) in [6.45, 7) is 0. The Morgan fingerprint density at radius 2 is 1.54 bits per heavy atom. The molecule has 0 spiro atoms. The van der Waals surface area contributed by atoms with Crippen molar-refractivity contribution in [3.05, 3.63) is 41.7 Å². The lowest BCUT2D eigenvalue weighted by Gasteiger charge is -2.13. The summed E-state index contributed by atoms with van der Waals surface area (Å²) in [5.41, 5.74) is 0.810. The van der Waals surface area contributed by atoms with Crippen molar-refractivity contribution >= 4 is 16.8 Å². The Morgan fingerprint density at radius 3 is 2.08 bits per heavy atom. The van der Waals surface area contributed by atoms with Gasteiger partial charge in [0.05, 0.1) is 34.0 Å². The zero-order chi connectivity index (χ0) is 18.8. The fraction of sp³-hybridized carbons (Fsp3) is 0.211.